The van der Waals surface area contributed by atoms with E-state index in [0.717, 1.165) is 32.5 Å². The van der Waals surface area contributed by atoms with E-state index in [0.29, 0.717) is 10.0 Å². The molecule has 1 saturated heterocycles. The molecule has 37 heavy (non-hydrogen) atoms. The molecular weight excluding hydrogens is 584 g/mol. The Morgan fingerprint density at radius 1 is 1.35 bits per heavy atom. The zero-order chi connectivity index (χ0) is 26.6. The minimum absolute atomic E-state index is 0. The molecule has 0 atom stereocenters. The van der Waals surface area contributed by atoms with E-state index in [9.17, 15) is 22.8 Å². The molecule has 3 aromatic rings. The van der Waals surface area contributed by atoms with Gasteiger partial charge in [-0.1, -0.05) is 30.2 Å². The fraction of sp³-hybridized carbons (Fsp3) is 0.292. The summed E-state index contributed by atoms with van der Waals surface area (Å²) < 4.78 is 49.6. The Hall–Kier alpha value is -1.61. The number of anilines is 1. The van der Waals surface area contributed by atoms with Crippen LogP contribution in [0.5, 0.6) is 0 Å². The number of aromatic nitrogens is 2. The molecule has 1 aromatic carbocycles. The summed E-state index contributed by atoms with van der Waals surface area (Å²) in [6.07, 6.45) is 2.94. The number of carbonyl (C=O) groups is 2. The average molecular weight is 608 g/mol. The Morgan fingerprint density at radius 2 is 2.05 bits per heavy atom. The predicted molar refractivity (Wildman–Crippen MR) is 130 cm³/mol. The number of alkyl halides is 3. The van der Waals surface area contributed by atoms with Crippen LogP contribution < -0.4 is 56.7 Å². The maximum absolute atomic E-state index is 13.2. The third kappa shape index (κ3) is 11.0. The molecule has 1 aliphatic rings. The summed E-state index contributed by atoms with van der Waals surface area (Å²) in [5, 5.41) is 2.29. The van der Waals surface area contributed by atoms with Gasteiger partial charge in [-0.2, -0.15) is 25.7 Å². The molecule has 0 saturated carbocycles. The summed E-state index contributed by atoms with van der Waals surface area (Å²) in [5.41, 5.74) is -0.351. The van der Waals surface area contributed by atoms with E-state index in [1.165, 1.54) is 24.4 Å². The van der Waals surface area contributed by atoms with E-state index < -0.39 is 23.5 Å². The van der Waals surface area contributed by atoms with E-state index in [-0.39, 0.29) is 63.0 Å². The first kappa shape index (κ1) is 33.4. The first-order valence-corrected chi connectivity index (χ1v) is 11.5. The molecule has 1 aliphatic heterocycles. The fourth-order valence-corrected chi connectivity index (χ4v) is 3.16. The maximum atomic E-state index is 13.2. The monoisotopic (exact) mass is 607 g/mol. The summed E-state index contributed by atoms with van der Waals surface area (Å²) in [5.74, 6) is -2.84. The maximum Gasteiger partial charge on any atom is 1.00 e. The van der Waals surface area contributed by atoms with Crippen LogP contribution in [0.2, 0.25) is 0 Å². The number of amides is 2. The molecule has 0 radical (unpaired) electrons. The van der Waals surface area contributed by atoms with Gasteiger partial charge in [0.1, 0.15) is 0 Å². The first-order valence-electron chi connectivity index (χ1n) is 10.7. The molecular formula is C24H24BrF3KN4O4-. The van der Waals surface area contributed by atoms with Gasteiger partial charge in [-0.15, -0.1) is 12.6 Å². The molecule has 1 fully saturated rings. The number of hydrogen-bond donors (Lipinski definition) is 1. The van der Waals surface area contributed by atoms with Crippen LogP contribution in [0.1, 0.15) is 29.6 Å². The third-order valence-corrected chi connectivity index (χ3v) is 5.19. The number of carbonyl (C=O) groups excluding carboxylic acids is 2. The molecule has 0 bridgehead atoms. The number of ether oxygens (including phenoxy) is 1. The molecule has 0 aliphatic carbocycles. The molecule has 194 valence electrons. The largest absolute Gasteiger partial charge is 1.00 e. The minimum atomic E-state index is -4.87. The Bertz CT molecular complexity index is 1110. The average Bonchev–Trinajstić information content (AvgIpc) is 3.56. The van der Waals surface area contributed by atoms with Crippen LogP contribution in [0.15, 0.2) is 51.5 Å². The summed E-state index contributed by atoms with van der Waals surface area (Å²) >= 11 is 3.21. The van der Waals surface area contributed by atoms with Crippen LogP contribution in [0.3, 0.4) is 0 Å². The Balaban J connectivity index is 0.000000476. The van der Waals surface area contributed by atoms with Gasteiger partial charge in [0, 0.05) is 18.2 Å². The Kier molecular flexibility index (Phi) is 15.4. The molecule has 2 amide bonds. The van der Waals surface area contributed by atoms with Gasteiger partial charge in [0.05, 0.1) is 5.56 Å². The predicted octanol–water partition coefficient (Wildman–Crippen LogP) is 2.28. The molecule has 2 aromatic heterocycles. The topological polar surface area (TPSA) is 97.6 Å². The van der Waals surface area contributed by atoms with Crippen molar-refractivity contribution in [3.63, 3.8) is 0 Å². The van der Waals surface area contributed by atoms with Crippen molar-refractivity contribution < 1.29 is 83.3 Å². The number of benzene rings is 1. The van der Waals surface area contributed by atoms with Crippen LogP contribution in [0.25, 0.3) is 11.5 Å². The second kappa shape index (κ2) is 17.1. The van der Waals surface area contributed by atoms with Crippen molar-refractivity contribution in [2.75, 3.05) is 32.1 Å². The molecule has 0 unspecified atom stereocenters. The van der Waals surface area contributed by atoms with Gasteiger partial charge in [0.15, 0.2) is 5.69 Å². The van der Waals surface area contributed by atoms with Gasteiger partial charge in [-0.05, 0) is 41.5 Å². The van der Waals surface area contributed by atoms with E-state index >= 15 is 0 Å². The standard InChI is InChI=1S/C16H8BrF3N3O2.C5H8NO.C3H8O.K/c17-11-6-2-1-5-10(11)15-23-12(13(25-15)16(18,19)20)14(24)22-9-4-3-7-21-8-9;7-5-6-3-1-2-4-6;1-3-4-2;/h1-6,8H,(H,22,24);1,5H,2-4H2;3H2,1-2H3;/q2*-1;;+1. The molecule has 8 nitrogen and oxygen atoms in total. The minimum Gasteiger partial charge on any atom is -0.431 e. The van der Waals surface area contributed by atoms with E-state index in [1.807, 2.05) is 6.92 Å². The smallest absolute Gasteiger partial charge is 0.431 e. The number of methoxy groups -OCH3 is 1. The zero-order valence-corrected chi connectivity index (χ0v) is 25.2. The van der Waals surface area contributed by atoms with Crippen molar-refractivity contribution in [2.45, 2.75) is 19.5 Å². The van der Waals surface area contributed by atoms with E-state index in [4.69, 9.17) is 4.42 Å². The van der Waals surface area contributed by atoms with Crippen LogP contribution in [0, 0.1) is 12.6 Å². The van der Waals surface area contributed by atoms with Crippen molar-refractivity contribution in [1.82, 2.24) is 14.9 Å². The van der Waals surface area contributed by atoms with Gasteiger partial charge < -0.3 is 30.8 Å². The number of hydrogen-bond acceptors (Lipinski definition) is 6. The number of rotatable bonds is 5. The van der Waals surface area contributed by atoms with Gasteiger partial charge >= 0.3 is 57.6 Å². The van der Waals surface area contributed by atoms with E-state index in [1.54, 1.807) is 30.2 Å². The van der Waals surface area contributed by atoms with Crippen molar-refractivity contribution >= 4 is 33.9 Å². The number of halogens is 4. The van der Waals surface area contributed by atoms with Crippen molar-refractivity contribution in [3.05, 3.63) is 71.1 Å². The number of nitrogens with one attached hydrogen (secondary N) is 1. The second-order valence-electron chi connectivity index (χ2n) is 7.06. The molecule has 13 heteroatoms. The number of oxazole rings is 1. The van der Waals surface area contributed by atoms with Crippen molar-refractivity contribution in [3.8, 4) is 11.5 Å². The van der Waals surface area contributed by atoms with Crippen LogP contribution in [-0.2, 0) is 15.7 Å². The number of nitrogens with zero attached hydrogens (tertiary/aromatic N) is 3. The van der Waals surface area contributed by atoms with Crippen LogP contribution >= 0.6 is 15.9 Å². The zero-order valence-electron chi connectivity index (χ0n) is 20.5. The molecule has 0 spiro atoms. The van der Waals surface area contributed by atoms with Crippen molar-refractivity contribution in [2.24, 2.45) is 0 Å². The fourth-order valence-electron chi connectivity index (χ4n) is 2.70. The molecule has 3 heterocycles. The summed E-state index contributed by atoms with van der Waals surface area (Å²) in [7, 11) is 1.68. The van der Waals surface area contributed by atoms with Crippen LogP contribution in [-0.4, -0.2) is 54.0 Å². The molecule has 1 N–H and O–H groups in total. The Morgan fingerprint density at radius 3 is 2.54 bits per heavy atom. The SMILES string of the molecule is CCOC.O=C(Nc1cc[c-]nc1)c1nc(-c2ccccc2Br)oc1C(F)(F)F.O=CN1C[CH-]CC1.[K+]. The van der Waals surface area contributed by atoms with Crippen LogP contribution in [0.4, 0.5) is 18.9 Å². The van der Waals surface area contributed by atoms with Gasteiger partial charge in [-0.25, -0.2) is 4.98 Å². The summed E-state index contributed by atoms with van der Waals surface area (Å²) in [6, 6.07) is 9.30. The summed E-state index contributed by atoms with van der Waals surface area (Å²) in [6.45, 7) is 4.55. The number of pyridine rings is 1. The van der Waals surface area contributed by atoms with Gasteiger partial charge in [-0.3, -0.25) is 9.59 Å². The number of likely N-dealkylation sites (tertiary alicyclic amines) is 1. The Labute approximate surface area is 263 Å². The van der Waals surface area contributed by atoms with Gasteiger partial charge in [0.25, 0.3) is 5.91 Å². The van der Waals surface area contributed by atoms with Gasteiger partial charge in [0.2, 0.25) is 18.1 Å². The van der Waals surface area contributed by atoms with E-state index in [2.05, 4.69) is 48.6 Å². The first-order chi connectivity index (χ1) is 17.2. The second-order valence-corrected chi connectivity index (χ2v) is 7.91. The third-order valence-electron chi connectivity index (χ3n) is 4.50. The summed E-state index contributed by atoms with van der Waals surface area (Å²) in [4.78, 5) is 31.3. The van der Waals surface area contributed by atoms with Crippen molar-refractivity contribution in [1.29, 1.82) is 0 Å². The normalized spacial score (nSPS) is 12.3. The quantitative estimate of drug-likeness (QED) is 0.271. The molecule has 4 rings (SSSR count).